The number of nitrogens with one attached hydrogen (secondary N) is 1. The van der Waals surface area contributed by atoms with Gasteiger partial charge in [-0.2, -0.15) is 4.37 Å². The van der Waals surface area contributed by atoms with Crippen LogP contribution in [0.15, 0.2) is 27.4 Å². The minimum atomic E-state index is 0.900. The molecule has 0 radical (unpaired) electrons. The van der Waals surface area contributed by atoms with E-state index in [4.69, 9.17) is 0 Å². The predicted molar refractivity (Wildman–Crippen MR) is 77.4 cm³/mol. The van der Waals surface area contributed by atoms with Crippen molar-refractivity contribution in [1.82, 2.24) is 14.7 Å². The van der Waals surface area contributed by atoms with Crippen LogP contribution in [-0.4, -0.2) is 16.4 Å². The monoisotopic (exact) mass is 279 g/mol. The van der Waals surface area contributed by atoms with Crippen LogP contribution in [0, 0.1) is 6.92 Å². The van der Waals surface area contributed by atoms with E-state index in [0.29, 0.717) is 0 Å². The summed E-state index contributed by atoms with van der Waals surface area (Å²) in [4.78, 5) is 5.70. The number of hydrogen-bond acceptors (Lipinski definition) is 5. The van der Waals surface area contributed by atoms with Crippen LogP contribution in [0.5, 0.6) is 0 Å². The Kier molecular flexibility index (Phi) is 4.74. The molecule has 0 atom stereocenters. The van der Waals surface area contributed by atoms with E-state index in [-0.39, 0.29) is 0 Å². The van der Waals surface area contributed by atoms with Crippen LogP contribution in [0.4, 0.5) is 0 Å². The molecule has 0 spiro atoms. The summed E-state index contributed by atoms with van der Waals surface area (Å²) >= 11 is 3.17. The Labute approximate surface area is 116 Å². The Morgan fingerprint density at radius 1 is 1.39 bits per heavy atom. The van der Waals surface area contributed by atoms with Gasteiger partial charge in [0.1, 0.15) is 5.82 Å². The molecule has 0 saturated heterocycles. The highest BCUT2D eigenvalue weighted by atomic mass is 32.2. The molecule has 0 aliphatic heterocycles. The lowest BCUT2D eigenvalue weighted by atomic mass is 10.1. The van der Waals surface area contributed by atoms with Crippen LogP contribution < -0.4 is 5.32 Å². The number of nitrogens with zero attached hydrogens (tertiary/aromatic N) is 2. The average Bonchev–Trinajstić information content (AvgIpc) is 2.80. The highest BCUT2D eigenvalue weighted by Crippen LogP contribution is 2.30. The molecule has 2 rings (SSSR count). The van der Waals surface area contributed by atoms with Crippen molar-refractivity contribution in [2.75, 3.05) is 7.05 Å². The van der Waals surface area contributed by atoms with Gasteiger partial charge in [0.2, 0.25) is 0 Å². The zero-order valence-electron chi connectivity index (χ0n) is 10.9. The third-order valence-electron chi connectivity index (χ3n) is 2.65. The van der Waals surface area contributed by atoms with Gasteiger partial charge in [-0.25, -0.2) is 4.98 Å². The van der Waals surface area contributed by atoms with E-state index in [1.807, 2.05) is 7.05 Å². The summed E-state index contributed by atoms with van der Waals surface area (Å²) in [6, 6.07) is 6.54. The zero-order valence-corrected chi connectivity index (χ0v) is 12.5. The lowest BCUT2D eigenvalue weighted by Gasteiger charge is -2.06. The van der Waals surface area contributed by atoms with Gasteiger partial charge in [0.15, 0.2) is 4.34 Å². The summed E-state index contributed by atoms with van der Waals surface area (Å²) in [5, 5.41) is 3.18. The molecule has 96 valence electrons. The second-order valence-corrected chi connectivity index (χ2v) is 6.12. The summed E-state index contributed by atoms with van der Waals surface area (Å²) in [5.74, 6) is 0.936. The van der Waals surface area contributed by atoms with Crippen LogP contribution in [0.1, 0.15) is 23.9 Å². The second-order valence-electron chi connectivity index (χ2n) is 4.05. The van der Waals surface area contributed by atoms with Gasteiger partial charge in [-0.15, -0.1) is 0 Å². The fraction of sp³-hybridized carbons (Fsp3) is 0.385. The van der Waals surface area contributed by atoms with Gasteiger partial charge in [0, 0.05) is 17.9 Å². The maximum atomic E-state index is 4.47. The molecule has 0 amide bonds. The summed E-state index contributed by atoms with van der Waals surface area (Å²) in [6.07, 6.45) is 0.900. The summed E-state index contributed by atoms with van der Waals surface area (Å²) in [6.45, 7) is 5.14. The number of aryl methyl sites for hydroxylation is 2. The van der Waals surface area contributed by atoms with Gasteiger partial charge in [0.05, 0.1) is 0 Å². The lowest BCUT2D eigenvalue weighted by molar-refractivity contribution is 0.811. The SMILES string of the molecule is CCc1nsc(Sc2ccc(CNC)c(C)c2)n1. The van der Waals surface area contributed by atoms with Crippen molar-refractivity contribution in [3.05, 3.63) is 35.2 Å². The highest BCUT2D eigenvalue weighted by molar-refractivity contribution is 8.01. The third-order valence-corrected chi connectivity index (χ3v) is 4.43. The molecular formula is C13H17N3S2. The van der Waals surface area contributed by atoms with Crippen molar-refractivity contribution in [3.8, 4) is 0 Å². The van der Waals surface area contributed by atoms with Gasteiger partial charge in [0.25, 0.3) is 0 Å². The van der Waals surface area contributed by atoms with E-state index < -0.39 is 0 Å². The summed E-state index contributed by atoms with van der Waals surface area (Å²) in [5.41, 5.74) is 2.66. The van der Waals surface area contributed by atoms with E-state index in [0.717, 1.165) is 23.1 Å². The van der Waals surface area contributed by atoms with Crippen LogP contribution in [0.3, 0.4) is 0 Å². The van der Waals surface area contributed by atoms with E-state index in [1.165, 1.54) is 27.6 Å². The van der Waals surface area contributed by atoms with Crippen molar-refractivity contribution in [2.45, 2.75) is 36.0 Å². The molecule has 1 aromatic heterocycles. The number of benzene rings is 1. The van der Waals surface area contributed by atoms with Crippen molar-refractivity contribution in [1.29, 1.82) is 0 Å². The maximum Gasteiger partial charge on any atom is 0.174 e. The molecule has 1 aromatic carbocycles. The van der Waals surface area contributed by atoms with Crippen LogP contribution >= 0.6 is 23.3 Å². The molecule has 1 heterocycles. The van der Waals surface area contributed by atoms with Gasteiger partial charge >= 0.3 is 0 Å². The molecule has 0 aliphatic rings. The zero-order chi connectivity index (χ0) is 13.0. The Bertz CT molecular complexity index is 523. The third kappa shape index (κ3) is 3.31. The van der Waals surface area contributed by atoms with E-state index >= 15 is 0 Å². The average molecular weight is 279 g/mol. The summed E-state index contributed by atoms with van der Waals surface area (Å²) < 4.78 is 5.32. The number of rotatable bonds is 5. The van der Waals surface area contributed by atoms with Crippen molar-refractivity contribution in [2.24, 2.45) is 0 Å². The molecule has 18 heavy (non-hydrogen) atoms. The van der Waals surface area contributed by atoms with E-state index in [1.54, 1.807) is 11.8 Å². The van der Waals surface area contributed by atoms with Crippen LogP contribution in [-0.2, 0) is 13.0 Å². The molecule has 0 unspecified atom stereocenters. The smallest absolute Gasteiger partial charge is 0.174 e. The van der Waals surface area contributed by atoms with E-state index in [9.17, 15) is 0 Å². The fourth-order valence-corrected chi connectivity index (χ4v) is 3.42. The minimum Gasteiger partial charge on any atom is -0.316 e. The van der Waals surface area contributed by atoms with Crippen molar-refractivity contribution in [3.63, 3.8) is 0 Å². The molecule has 2 aromatic rings. The molecule has 5 heteroatoms. The fourth-order valence-electron chi connectivity index (χ4n) is 1.64. The topological polar surface area (TPSA) is 37.8 Å². The Morgan fingerprint density at radius 3 is 2.83 bits per heavy atom. The quantitative estimate of drug-likeness (QED) is 0.911. The first-order chi connectivity index (χ1) is 8.72. The van der Waals surface area contributed by atoms with Gasteiger partial charge in [-0.3, -0.25) is 0 Å². The number of aromatic nitrogens is 2. The predicted octanol–water partition coefficient (Wildman–Crippen LogP) is 3.28. The van der Waals surface area contributed by atoms with Crippen LogP contribution in [0.25, 0.3) is 0 Å². The largest absolute Gasteiger partial charge is 0.316 e. The molecule has 0 saturated carbocycles. The lowest BCUT2D eigenvalue weighted by Crippen LogP contribution is -2.06. The normalized spacial score (nSPS) is 10.8. The first kappa shape index (κ1) is 13.5. The standard InChI is InChI=1S/C13H17N3S2/c1-4-12-15-13(18-16-12)17-11-6-5-10(8-14-3)9(2)7-11/h5-7,14H,4,8H2,1-3H3. The molecule has 0 aliphatic carbocycles. The molecule has 0 fully saturated rings. The summed E-state index contributed by atoms with van der Waals surface area (Å²) in [7, 11) is 1.97. The molecule has 3 nitrogen and oxygen atoms in total. The first-order valence-corrected chi connectivity index (χ1v) is 7.56. The van der Waals surface area contributed by atoms with E-state index in [2.05, 4.69) is 46.7 Å². The molecule has 1 N–H and O–H groups in total. The highest BCUT2D eigenvalue weighted by Gasteiger charge is 2.06. The second kappa shape index (κ2) is 6.31. The van der Waals surface area contributed by atoms with Crippen molar-refractivity contribution < 1.29 is 0 Å². The van der Waals surface area contributed by atoms with Crippen LogP contribution in [0.2, 0.25) is 0 Å². The molecular weight excluding hydrogens is 262 g/mol. The van der Waals surface area contributed by atoms with Crippen molar-refractivity contribution >= 4 is 23.3 Å². The Morgan fingerprint density at radius 2 is 2.22 bits per heavy atom. The Balaban J connectivity index is 2.12. The van der Waals surface area contributed by atoms with Gasteiger partial charge in [-0.05, 0) is 48.8 Å². The van der Waals surface area contributed by atoms with Gasteiger partial charge < -0.3 is 5.32 Å². The Hall–Kier alpha value is -0.910. The first-order valence-electron chi connectivity index (χ1n) is 5.97. The van der Waals surface area contributed by atoms with Gasteiger partial charge in [-0.1, -0.05) is 24.8 Å². The minimum absolute atomic E-state index is 0.900. The maximum absolute atomic E-state index is 4.47. The number of hydrogen-bond donors (Lipinski definition) is 1. The molecule has 0 bridgehead atoms.